The molecule has 0 fully saturated rings. The minimum Gasteiger partial charge on any atom is -0.466 e. The van der Waals surface area contributed by atoms with Crippen molar-refractivity contribution in [2.24, 2.45) is 0 Å². The van der Waals surface area contributed by atoms with Crippen LogP contribution in [0.25, 0.3) is 0 Å². The van der Waals surface area contributed by atoms with Gasteiger partial charge in [-0.2, -0.15) is 4.98 Å². The average Bonchev–Trinajstić information content (AvgIpc) is 3.17. The summed E-state index contributed by atoms with van der Waals surface area (Å²) < 4.78 is 5.01. The third-order valence-corrected chi connectivity index (χ3v) is 5.45. The largest absolute Gasteiger partial charge is 0.466 e. The number of anilines is 3. The van der Waals surface area contributed by atoms with Gasteiger partial charge >= 0.3 is 5.97 Å². The van der Waals surface area contributed by atoms with Gasteiger partial charge in [0.25, 0.3) is 11.5 Å². The summed E-state index contributed by atoms with van der Waals surface area (Å²) in [5.74, 6) is -0.0251. The van der Waals surface area contributed by atoms with Crippen molar-refractivity contribution in [1.82, 2.24) is 9.97 Å². The second-order valence-corrected chi connectivity index (χ2v) is 8.04. The lowest BCUT2D eigenvalue weighted by Crippen LogP contribution is -2.32. The number of H-pyrrole nitrogens is 1. The number of fused-ring (bicyclic) bond motifs is 1. The van der Waals surface area contributed by atoms with Crippen LogP contribution in [0.5, 0.6) is 0 Å². The first-order valence-corrected chi connectivity index (χ1v) is 11.2. The second-order valence-electron chi connectivity index (χ2n) is 8.04. The summed E-state index contributed by atoms with van der Waals surface area (Å²) in [6.45, 7) is 3.41. The Morgan fingerprint density at radius 1 is 1.03 bits per heavy atom. The van der Waals surface area contributed by atoms with E-state index in [4.69, 9.17) is 4.74 Å². The SMILES string of the molecule is Br.CC(=O)OCCCCN1CN(Cc2ccccc2)c2c1nc(NC(=O)c1ccccc1)[nH]c2=O. The maximum absolute atomic E-state index is 13.1. The van der Waals surface area contributed by atoms with Gasteiger partial charge in [-0.05, 0) is 30.5 Å². The van der Waals surface area contributed by atoms with E-state index in [1.54, 1.807) is 24.3 Å². The third-order valence-electron chi connectivity index (χ3n) is 5.45. The van der Waals surface area contributed by atoms with E-state index in [1.165, 1.54) is 6.92 Å². The highest BCUT2D eigenvalue weighted by atomic mass is 79.9. The van der Waals surface area contributed by atoms with Crippen LogP contribution in [0.1, 0.15) is 35.7 Å². The first kappa shape index (κ1) is 26.0. The Balaban J connectivity index is 0.00000342. The molecule has 184 valence electrons. The number of carbonyl (C=O) groups excluding carboxylic acids is 2. The van der Waals surface area contributed by atoms with Crippen LogP contribution >= 0.6 is 17.0 Å². The van der Waals surface area contributed by atoms with Gasteiger partial charge in [0.15, 0.2) is 5.82 Å². The molecule has 0 spiro atoms. The highest BCUT2D eigenvalue weighted by molar-refractivity contribution is 8.93. The monoisotopic (exact) mass is 541 g/mol. The molecule has 0 unspecified atom stereocenters. The van der Waals surface area contributed by atoms with Crippen LogP contribution in [0.15, 0.2) is 65.5 Å². The summed E-state index contributed by atoms with van der Waals surface area (Å²) in [5, 5.41) is 2.69. The van der Waals surface area contributed by atoms with Gasteiger partial charge in [-0.25, -0.2) is 0 Å². The van der Waals surface area contributed by atoms with Crippen molar-refractivity contribution in [3.05, 3.63) is 82.1 Å². The van der Waals surface area contributed by atoms with Gasteiger partial charge in [-0.15, -0.1) is 17.0 Å². The van der Waals surface area contributed by atoms with E-state index < -0.39 is 0 Å². The lowest BCUT2D eigenvalue weighted by atomic mass is 10.2. The molecule has 1 aliphatic heterocycles. The fraction of sp³-hybridized carbons (Fsp3) is 0.280. The van der Waals surface area contributed by atoms with Crippen molar-refractivity contribution in [1.29, 1.82) is 0 Å². The molecule has 2 heterocycles. The van der Waals surface area contributed by atoms with Gasteiger partial charge in [0.2, 0.25) is 5.95 Å². The van der Waals surface area contributed by atoms with Crippen molar-refractivity contribution < 1.29 is 14.3 Å². The lowest BCUT2D eigenvalue weighted by molar-refractivity contribution is -0.141. The molecule has 2 aromatic carbocycles. The molecule has 35 heavy (non-hydrogen) atoms. The summed E-state index contributed by atoms with van der Waals surface area (Å²) in [6, 6.07) is 18.7. The molecule has 1 aliphatic rings. The van der Waals surface area contributed by atoms with E-state index >= 15 is 0 Å². The molecule has 0 saturated heterocycles. The third kappa shape index (κ3) is 6.69. The Kier molecular flexibility index (Phi) is 9.02. The van der Waals surface area contributed by atoms with Crippen LogP contribution in [0.3, 0.4) is 0 Å². The average molecular weight is 542 g/mol. The number of ether oxygens (including phenoxy) is 1. The Morgan fingerprint density at radius 2 is 1.71 bits per heavy atom. The number of hydrogen-bond acceptors (Lipinski definition) is 7. The number of esters is 1. The molecule has 0 aliphatic carbocycles. The number of halogens is 1. The number of unbranched alkanes of at least 4 members (excludes halogenated alkanes) is 1. The van der Waals surface area contributed by atoms with Crippen molar-refractivity contribution in [3.8, 4) is 0 Å². The zero-order chi connectivity index (χ0) is 23.9. The van der Waals surface area contributed by atoms with Gasteiger partial charge in [0.05, 0.1) is 13.3 Å². The van der Waals surface area contributed by atoms with Gasteiger partial charge < -0.3 is 14.5 Å². The molecule has 1 aromatic heterocycles. The Morgan fingerprint density at radius 3 is 2.40 bits per heavy atom. The summed E-state index contributed by atoms with van der Waals surface area (Å²) in [7, 11) is 0. The minimum absolute atomic E-state index is 0. The molecule has 0 radical (unpaired) electrons. The van der Waals surface area contributed by atoms with Gasteiger partial charge in [0, 0.05) is 25.6 Å². The number of nitrogens with one attached hydrogen (secondary N) is 2. The fourth-order valence-corrected chi connectivity index (χ4v) is 3.86. The molecule has 0 bridgehead atoms. The number of hydrogen-bond donors (Lipinski definition) is 2. The molecular weight excluding hydrogens is 514 g/mol. The number of amides is 1. The topological polar surface area (TPSA) is 108 Å². The molecule has 4 rings (SSSR count). The van der Waals surface area contributed by atoms with Crippen LogP contribution < -0.4 is 20.7 Å². The van der Waals surface area contributed by atoms with Crippen molar-refractivity contribution in [3.63, 3.8) is 0 Å². The van der Waals surface area contributed by atoms with E-state index in [9.17, 15) is 14.4 Å². The first-order valence-electron chi connectivity index (χ1n) is 11.2. The number of carbonyl (C=O) groups is 2. The minimum atomic E-state index is -0.351. The smallest absolute Gasteiger partial charge is 0.302 e. The zero-order valence-electron chi connectivity index (χ0n) is 19.4. The quantitative estimate of drug-likeness (QED) is 0.314. The predicted octanol–water partition coefficient (Wildman–Crippen LogP) is 3.73. The molecule has 0 saturated carbocycles. The highest BCUT2D eigenvalue weighted by Gasteiger charge is 2.31. The maximum Gasteiger partial charge on any atom is 0.302 e. The standard InChI is InChI=1S/C25H27N5O4.BrH/c1-18(31)34-15-9-8-14-29-17-30(16-19-10-4-2-5-11-19)21-22(29)26-25(28-24(21)33)27-23(32)20-12-6-3-7-13-20;/h2-7,10-13H,8-9,14-17H2,1H3,(H2,26,27,28,32,33);1H. The summed E-state index contributed by atoms with van der Waals surface area (Å²) in [5.41, 5.74) is 1.71. The number of rotatable bonds is 9. The molecule has 9 nitrogen and oxygen atoms in total. The van der Waals surface area contributed by atoms with Crippen molar-refractivity contribution in [2.75, 3.05) is 34.9 Å². The van der Waals surface area contributed by atoms with E-state index in [2.05, 4.69) is 15.3 Å². The van der Waals surface area contributed by atoms with Crippen LogP contribution in [0, 0.1) is 0 Å². The summed E-state index contributed by atoms with van der Waals surface area (Å²) in [6.07, 6.45) is 1.46. The predicted molar refractivity (Wildman–Crippen MR) is 140 cm³/mol. The van der Waals surface area contributed by atoms with Crippen LogP contribution in [0.2, 0.25) is 0 Å². The van der Waals surface area contributed by atoms with Crippen LogP contribution in [-0.2, 0) is 16.1 Å². The van der Waals surface area contributed by atoms with Gasteiger partial charge in [0.1, 0.15) is 5.69 Å². The first-order chi connectivity index (χ1) is 16.5. The summed E-state index contributed by atoms with van der Waals surface area (Å²) in [4.78, 5) is 47.9. The highest BCUT2D eigenvalue weighted by Crippen LogP contribution is 2.32. The Labute approximate surface area is 213 Å². The number of aromatic nitrogens is 2. The zero-order valence-corrected chi connectivity index (χ0v) is 21.1. The fourth-order valence-electron chi connectivity index (χ4n) is 3.86. The number of aromatic amines is 1. The van der Waals surface area contributed by atoms with Crippen molar-refractivity contribution >= 4 is 46.3 Å². The Hall–Kier alpha value is -3.66. The molecule has 2 N–H and O–H groups in total. The van der Waals surface area contributed by atoms with Gasteiger partial charge in [-0.3, -0.25) is 24.7 Å². The van der Waals surface area contributed by atoms with Crippen molar-refractivity contribution in [2.45, 2.75) is 26.3 Å². The van der Waals surface area contributed by atoms with Crippen LogP contribution in [0.4, 0.5) is 17.5 Å². The molecule has 0 atom stereocenters. The van der Waals surface area contributed by atoms with E-state index in [0.717, 1.165) is 12.0 Å². The molecular formula is C25H28BrN5O4. The second kappa shape index (κ2) is 12.2. The van der Waals surface area contributed by atoms with E-state index in [0.29, 0.717) is 49.9 Å². The number of nitrogens with zero attached hydrogens (tertiary/aromatic N) is 3. The number of benzene rings is 2. The van der Waals surface area contributed by atoms with Crippen LogP contribution in [-0.4, -0.2) is 41.7 Å². The van der Waals surface area contributed by atoms with E-state index in [1.807, 2.05) is 46.2 Å². The normalized spacial score (nSPS) is 12.0. The molecule has 3 aromatic rings. The molecule has 1 amide bonds. The molecule has 10 heteroatoms. The lowest BCUT2D eigenvalue weighted by Gasteiger charge is -2.21. The Bertz CT molecular complexity index is 1200. The maximum atomic E-state index is 13.1. The summed E-state index contributed by atoms with van der Waals surface area (Å²) >= 11 is 0. The van der Waals surface area contributed by atoms with Gasteiger partial charge in [-0.1, -0.05) is 48.5 Å². The van der Waals surface area contributed by atoms with E-state index in [-0.39, 0.29) is 40.4 Å².